The molecule has 6 rings (SSSR count). The Bertz CT molecular complexity index is 3030. The molecule has 2 aliphatic rings. The number of unbranched alkanes of at least 4 members (excludes halogenated alkanes) is 2. The number of nitrogens with one attached hydrogen (secondary N) is 1. The van der Waals surface area contributed by atoms with E-state index in [1.807, 2.05) is 73.7 Å². The lowest BCUT2D eigenvalue weighted by Gasteiger charge is -2.30. The summed E-state index contributed by atoms with van der Waals surface area (Å²) in [7, 11) is -9.37. The SMILES string of the molecule is COCCNS(=O)(=O)c1ccc2c3c(ccc2c1)N(CCOC)/C(=C/C=C/C=C/C=C/C1=[N+](CCCCCC(=O)O)c2ccc4cc(S(=O)(=O)O)ccc4c2C1(C)C)C3(C)CCCS(=O)(=O)O. The van der Waals surface area contributed by atoms with Gasteiger partial charge in [-0.05, 0) is 116 Å². The number of ether oxygens (including phenoxy) is 2. The van der Waals surface area contributed by atoms with Crippen LogP contribution in [-0.4, -0.2) is 109 Å². The quantitative estimate of drug-likeness (QED) is 0.0242. The Labute approximate surface area is 393 Å². The van der Waals surface area contributed by atoms with E-state index in [-0.39, 0.29) is 35.8 Å². The lowest BCUT2D eigenvalue weighted by Crippen LogP contribution is -2.31. The monoisotopic (exact) mass is 978 g/mol. The van der Waals surface area contributed by atoms with E-state index in [2.05, 4.69) is 28.0 Å². The van der Waals surface area contributed by atoms with Gasteiger partial charge in [-0.25, -0.2) is 13.1 Å². The molecule has 0 bridgehead atoms. The summed E-state index contributed by atoms with van der Waals surface area (Å²) < 4.78 is 109. The van der Waals surface area contributed by atoms with Crippen molar-refractivity contribution in [2.45, 2.75) is 79.9 Å². The van der Waals surface area contributed by atoms with E-state index < -0.39 is 52.8 Å². The summed E-state index contributed by atoms with van der Waals surface area (Å²) in [4.78, 5) is 13.2. The molecule has 2 aliphatic heterocycles. The van der Waals surface area contributed by atoms with Crippen LogP contribution in [0, 0.1) is 0 Å². The third-order valence-corrected chi connectivity index (χ3v) is 15.6. The van der Waals surface area contributed by atoms with E-state index >= 15 is 0 Å². The van der Waals surface area contributed by atoms with E-state index in [1.54, 1.807) is 31.4 Å². The van der Waals surface area contributed by atoms with Gasteiger partial charge in [0.15, 0.2) is 5.71 Å². The molecule has 0 saturated carbocycles. The molecular weight excluding hydrogens is 919 g/mol. The fraction of sp³-hybridized carbons (Fsp3) is 0.388. The number of hydrogen-bond donors (Lipinski definition) is 4. The molecule has 0 saturated heterocycles. The van der Waals surface area contributed by atoms with Gasteiger partial charge < -0.3 is 19.5 Å². The zero-order valence-corrected chi connectivity index (χ0v) is 40.9. The summed E-state index contributed by atoms with van der Waals surface area (Å²) in [6.45, 7) is 8.06. The number of fused-ring (bicyclic) bond motifs is 6. The highest BCUT2D eigenvalue weighted by molar-refractivity contribution is 7.89. The van der Waals surface area contributed by atoms with Crippen LogP contribution in [0.1, 0.15) is 70.4 Å². The molecule has 4 aromatic rings. The number of rotatable bonds is 23. The number of benzene rings is 4. The van der Waals surface area contributed by atoms with E-state index in [1.165, 1.54) is 19.2 Å². The summed E-state index contributed by atoms with van der Waals surface area (Å²) in [6.07, 6.45) is 16.2. The molecule has 0 radical (unpaired) electrons. The largest absolute Gasteiger partial charge is 0.481 e. The standard InChI is InChI=1S/C49H59N3O12S3/c1-48(2)43(51(28-13-9-12-17-45(53)54)41-24-18-36-34-38(67(60,61)62)21-23-39(36)46(41)48)15-10-7-6-8-11-16-44-49(3,26-14-32-65(55,56)57)47-40-22-20-37(66(58,59)50-27-30-63-4)33-35(40)19-25-42(47)52(44)29-31-64-5/h6-8,10-11,15-16,18-25,33-34,50H,9,12-14,17,26-32H2,1-5H3,(H2-,53,54,55,56,57,60,61,62)/p+1. The number of carboxylic acids is 1. The Morgan fingerprint density at radius 3 is 2.07 bits per heavy atom. The Kier molecular flexibility index (Phi) is 16.2. The molecule has 18 heteroatoms. The van der Waals surface area contributed by atoms with Crippen molar-refractivity contribution in [3.8, 4) is 0 Å². The number of aliphatic carboxylic acids is 1. The number of allylic oxidation sites excluding steroid dienone is 8. The van der Waals surface area contributed by atoms with Crippen molar-refractivity contribution in [1.82, 2.24) is 4.72 Å². The zero-order valence-electron chi connectivity index (χ0n) is 38.4. The van der Waals surface area contributed by atoms with E-state index in [9.17, 15) is 39.2 Å². The number of nitrogens with zero attached hydrogens (tertiary/aromatic N) is 2. The van der Waals surface area contributed by atoms with Gasteiger partial charge in [0.1, 0.15) is 6.54 Å². The second-order valence-corrected chi connectivity index (χ2v) is 22.2. The van der Waals surface area contributed by atoms with E-state index in [0.717, 1.165) is 57.5 Å². The van der Waals surface area contributed by atoms with E-state index in [4.69, 9.17) is 14.6 Å². The van der Waals surface area contributed by atoms with Gasteiger partial charge in [-0.15, -0.1) is 0 Å². The van der Waals surface area contributed by atoms with Gasteiger partial charge in [-0.2, -0.15) is 21.4 Å². The maximum Gasteiger partial charge on any atom is 0.303 e. The highest BCUT2D eigenvalue weighted by Gasteiger charge is 2.46. The summed E-state index contributed by atoms with van der Waals surface area (Å²) in [6, 6.07) is 17.2. The third-order valence-electron chi connectivity index (χ3n) is 12.5. The van der Waals surface area contributed by atoms with Gasteiger partial charge in [0.25, 0.3) is 20.2 Å². The van der Waals surface area contributed by atoms with Gasteiger partial charge in [0.2, 0.25) is 15.7 Å². The molecule has 1 unspecified atom stereocenters. The number of carbonyl (C=O) groups is 1. The summed E-state index contributed by atoms with van der Waals surface area (Å²) in [5.74, 6) is -1.26. The Morgan fingerprint density at radius 2 is 1.40 bits per heavy atom. The number of hydrogen-bond acceptors (Lipinski definition) is 10. The van der Waals surface area contributed by atoms with Gasteiger partial charge in [0, 0.05) is 74.7 Å². The summed E-state index contributed by atoms with van der Waals surface area (Å²) >= 11 is 0. The second kappa shape index (κ2) is 21.1. The number of anilines is 1. The molecule has 15 nitrogen and oxygen atoms in total. The van der Waals surface area contributed by atoms with Crippen molar-refractivity contribution in [3.05, 3.63) is 120 Å². The minimum atomic E-state index is -4.40. The van der Waals surface area contributed by atoms with Crippen LogP contribution in [-0.2, 0) is 55.4 Å². The Hall–Kier alpha value is -5.05. The number of sulfonamides is 1. The molecule has 0 aromatic heterocycles. The van der Waals surface area contributed by atoms with Crippen molar-refractivity contribution < 1.29 is 58.3 Å². The van der Waals surface area contributed by atoms with Gasteiger partial charge in [-0.1, -0.05) is 48.6 Å². The minimum Gasteiger partial charge on any atom is -0.481 e. The molecule has 0 fully saturated rings. The van der Waals surface area contributed by atoms with Crippen LogP contribution in [0.2, 0.25) is 0 Å². The molecule has 4 N–H and O–H groups in total. The molecule has 1 atom stereocenters. The minimum absolute atomic E-state index is 0.0973. The van der Waals surface area contributed by atoms with Crippen LogP contribution in [0.3, 0.4) is 0 Å². The van der Waals surface area contributed by atoms with Crippen LogP contribution < -0.4 is 9.62 Å². The van der Waals surface area contributed by atoms with Crippen molar-refractivity contribution in [1.29, 1.82) is 0 Å². The lowest BCUT2D eigenvalue weighted by atomic mass is 9.76. The first-order chi connectivity index (χ1) is 31.6. The predicted octanol–water partition coefficient (Wildman–Crippen LogP) is 7.83. The molecule has 4 aromatic carbocycles. The van der Waals surface area contributed by atoms with Crippen LogP contribution in [0.4, 0.5) is 11.4 Å². The molecule has 0 amide bonds. The highest BCUT2D eigenvalue weighted by atomic mass is 32.2. The maximum absolute atomic E-state index is 13.2. The number of methoxy groups -OCH3 is 2. The number of carboxylic acid groups (broad SMARTS) is 1. The van der Waals surface area contributed by atoms with Crippen molar-refractivity contribution in [2.24, 2.45) is 0 Å². The third kappa shape index (κ3) is 11.6. The average Bonchev–Trinajstić information content (AvgIpc) is 3.63. The van der Waals surface area contributed by atoms with Crippen molar-refractivity contribution in [2.75, 3.05) is 57.7 Å². The first kappa shape index (κ1) is 51.3. The molecule has 2 heterocycles. The van der Waals surface area contributed by atoms with Crippen LogP contribution in [0.5, 0.6) is 0 Å². The first-order valence-electron chi connectivity index (χ1n) is 22.1. The van der Waals surface area contributed by atoms with Gasteiger partial charge >= 0.3 is 5.97 Å². The fourth-order valence-electron chi connectivity index (χ4n) is 9.43. The summed E-state index contributed by atoms with van der Waals surface area (Å²) in [5.41, 5.74) is 4.33. The van der Waals surface area contributed by atoms with Crippen molar-refractivity contribution >= 4 is 74.9 Å². The summed E-state index contributed by atoms with van der Waals surface area (Å²) in [5, 5.41) is 12.2. The average molecular weight is 979 g/mol. The Morgan fingerprint density at radius 1 is 0.761 bits per heavy atom. The Balaban J connectivity index is 1.33. The van der Waals surface area contributed by atoms with Crippen LogP contribution in [0.15, 0.2) is 119 Å². The molecular formula is C49H60N3O12S3+. The topological polar surface area (TPSA) is 217 Å². The second-order valence-electron chi connectivity index (χ2n) is 17.5. The molecule has 67 heavy (non-hydrogen) atoms. The van der Waals surface area contributed by atoms with Crippen molar-refractivity contribution in [3.63, 3.8) is 0 Å². The fourth-order valence-corrected chi connectivity index (χ4v) is 11.5. The normalized spacial score (nSPS) is 18.2. The first-order valence-corrected chi connectivity index (χ1v) is 26.6. The maximum atomic E-state index is 13.2. The smallest absolute Gasteiger partial charge is 0.303 e. The van der Waals surface area contributed by atoms with Gasteiger partial charge in [-0.3, -0.25) is 13.9 Å². The lowest BCUT2D eigenvalue weighted by molar-refractivity contribution is -0.438. The highest BCUT2D eigenvalue weighted by Crippen LogP contribution is 2.53. The molecule has 0 spiro atoms. The van der Waals surface area contributed by atoms with Crippen LogP contribution in [0.25, 0.3) is 21.5 Å². The zero-order chi connectivity index (χ0) is 48.8. The van der Waals surface area contributed by atoms with Gasteiger partial charge in [0.05, 0.1) is 34.2 Å². The van der Waals surface area contributed by atoms with Crippen LogP contribution >= 0.6 is 0 Å². The predicted molar refractivity (Wildman–Crippen MR) is 261 cm³/mol. The van der Waals surface area contributed by atoms with E-state index in [0.29, 0.717) is 43.3 Å². The molecule has 0 aliphatic carbocycles. The molecule has 360 valence electrons.